The molecule has 0 aliphatic carbocycles. The minimum atomic E-state index is -0.960. The van der Waals surface area contributed by atoms with Gasteiger partial charge in [0.2, 0.25) is 0 Å². The average Bonchev–Trinajstić information content (AvgIpc) is 3.21. The Morgan fingerprint density at radius 2 is 1.77 bits per heavy atom. The van der Waals surface area contributed by atoms with Crippen LogP contribution in [0.1, 0.15) is 41.5 Å². The molecule has 4 aromatic rings. The summed E-state index contributed by atoms with van der Waals surface area (Å²) >= 11 is 0. The van der Waals surface area contributed by atoms with E-state index < -0.39 is 5.97 Å². The highest BCUT2D eigenvalue weighted by Crippen LogP contribution is 2.23. The lowest BCUT2D eigenvalue weighted by atomic mass is 10.0. The number of carboxylic acid groups (broad SMARTS) is 1. The fraction of sp³-hybridized carbons (Fsp3) is 0.200. The molecule has 0 atom stereocenters. The van der Waals surface area contributed by atoms with Gasteiger partial charge in [0, 0.05) is 23.7 Å². The molecule has 0 saturated carbocycles. The Morgan fingerprint density at radius 3 is 2.48 bits per heavy atom. The summed E-state index contributed by atoms with van der Waals surface area (Å²) in [6.45, 7) is 2.73. The van der Waals surface area contributed by atoms with Crippen LogP contribution in [0.25, 0.3) is 22.6 Å². The monoisotopic (exact) mass is 412 g/mol. The van der Waals surface area contributed by atoms with Crippen molar-refractivity contribution in [3.63, 3.8) is 0 Å². The molecule has 0 bridgehead atoms. The minimum absolute atomic E-state index is 0.244. The van der Waals surface area contributed by atoms with Gasteiger partial charge in [-0.1, -0.05) is 67.9 Å². The first kappa shape index (κ1) is 20.5. The van der Waals surface area contributed by atoms with Gasteiger partial charge in [0.05, 0.1) is 17.8 Å². The van der Waals surface area contributed by atoms with Crippen LogP contribution in [0, 0.1) is 0 Å². The van der Waals surface area contributed by atoms with Crippen molar-refractivity contribution >= 4 is 5.97 Å². The standard InChI is InChI=1S/C25H24N4O2/c1-2-3-13-23-27-24(19-9-5-4-6-10-19)28-29(23)17-18-14-15-22(26-16-18)20-11-7-8-12-21(20)25(30)31/h4-12,14-16H,2-3,13,17H2,1H3,(H,30,31). The summed E-state index contributed by atoms with van der Waals surface area (Å²) in [7, 11) is 0. The van der Waals surface area contributed by atoms with E-state index in [1.54, 1.807) is 24.4 Å². The quantitative estimate of drug-likeness (QED) is 0.436. The number of hydrogen-bond donors (Lipinski definition) is 1. The first-order valence-corrected chi connectivity index (χ1v) is 10.4. The van der Waals surface area contributed by atoms with E-state index in [9.17, 15) is 9.90 Å². The van der Waals surface area contributed by atoms with Gasteiger partial charge < -0.3 is 5.11 Å². The van der Waals surface area contributed by atoms with Crippen LogP contribution in [0.5, 0.6) is 0 Å². The Kier molecular flexibility index (Phi) is 6.17. The maximum Gasteiger partial charge on any atom is 0.336 e. The highest BCUT2D eigenvalue weighted by molar-refractivity contribution is 5.95. The van der Waals surface area contributed by atoms with Crippen LogP contribution in [0.2, 0.25) is 0 Å². The number of unbranched alkanes of at least 4 members (excludes halogenated alkanes) is 1. The fourth-order valence-corrected chi connectivity index (χ4v) is 3.47. The molecular formula is C25H24N4O2. The minimum Gasteiger partial charge on any atom is -0.478 e. The maximum absolute atomic E-state index is 11.5. The lowest BCUT2D eigenvalue weighted by Gasteiger charge is -2.08. The zero-order valence-corrected chi connectivity index (χ0v) is 17.4. The van der Waals surface area contributed by atoms with Crippen molar-refractivity contribution in [3.8, 4) is 22.6 Å². The van der Waals surface area contributed by atoms with Crippen molar-refractivity contribution in [2.45, 2.75) is 32.7 Å². The number of nitrogens with zero attached hydrogens (tertiary/aromatic N) is 4. The van der Waals surface area contributed by atoms with Crippen LogP contribution in [0.4, 0.5) is 0 Å². The van der Waals surface area contributed by atoms with Gasteiger partial charge in [-0.2, -0.15) is 5.10 Å². The van der Waals surface area contributed by atoms with Crippen LogP contribution in [0.15, 0.2) is 72.9 Å². The van der Waals surface area contributed by atoms with Gasteiger partial charge in [-0.05, 0) is 24.1 Å². The van der Waals surface area contributed by atoms with Crippen LogP contribution < -0.4 is 0 Å². The number of aromatic nitrogens is 4. The molecule has 0 unspecified atom stereocenters. The van der Waals surface area contributed by atoms with Crippen molar-refractivity contribution in [1.29, 1.82) is 0 Å². The van der Waals surface area contributed by atoms with Crippen molar-refractivity contribution in [2.24, 2.45) is 0 Å². The topological polar surface area (TPSA) is 80.9 Å². The fourth-order valence-electron chi connectivity index (χ4n) is 3.47. The zero-order valence-electron chi connectivity index (χ0n) is 17.4. The lowest BCUT2D eigenvalue weighted by Crippen LogP contribution is -2.08. The summed E-state index contributed by atoms with van der Waals surface area (Å²) in [5.41, 5.74) is 3.47. The third kappa shape index (κ3) is 4.69. The maximum atomic E-state index is 11.5. The van der Waals surface area contributed by atoms with E-state index in [0.717, 1.165) is 42.0 Å². The van der Waals surface area contributed by atoms with E-state index in [4.69, 9.17) is 10.1 Å². The Morgan fingerprint density at radius 1 is 1.00 bits per heavy atom. The average molecular weight is 412 g/mol. The summed E-state index contributed by atoms with van der Waals surface area (Å²) in [6, 6.07) is 20.7. The van der Waals surface area contributed by atoms with Gasteiger partial charge in [0.15, 0.2) is 5.82 Å². The van der Waals surface area contributed by atoms with Crippen molar-refractivity contribution in [3.05, 3.63) is 89.9 Å². The Balaban J connectivity index is 1.60. The Bertz CT molecular complexity index is 1170. The van der Waals surface area contributed by atoms with Crippen molar-refractivity contribution in [2.75, 3.05) is 0 Å². The number of carbonyl (C=O) groups is 1. The molecule has 0 aliphatic rings. The van der Waals surface area contributed by atoms with Crippen molar-refractivity contribution in [1.82, 2.24) is 19.7 Å². The second-order valence-corrected chi connectivity index (χ2v) is 7.38. The van der Waals surface area contributed by atoms with Crippen LogP contribution in [-0.4, -0.2) is 30.8 Å². The van der Waals surface area contributed by atoms with E-state index in [1.165, 1.54) is 0 Å². The highest BCUT2D eigenvalue weighted by atomic mass is 16.4. The number of aromatic carboxylic acids is 1. The predicted molar refractivity (Wildman–Crippen MR) is 120 cm³/mol. The van der Waals surface area contributed by atoms with Crippen molar-refractivity contribution < 1.29 is 9.90 Å². The second-order valence-electron chi connectivity index (χ2n) is 7.38. The highest BCUT2D eigenvalue weighted by Gasteiger charge is 2.14. The molecule has 1 N–H and O–H groups in total. The molecule has 6 heteroatoms. The molecule has 31 heavy (non-hydrogen) atoms. The van der Waals surface area contributed by atoms with Gasteiger partial charge in [-0.3, -0.25) is 4.98 Å². The first-order chi connectivity index (χ1) is 15.2. The first-order valence-electron chi connectivity index (χ1n) is 10.4. The van der Waals surface area contributed by atoms with Gasteiger partial charge in [-0.25, -0.2) is 14.5 Å². The van der Waals surface area contributed by atoms with Crippen LogP contribution >= 0.6 is 0 Å². The third-order valence-electron chi connectivity index (χ3n) is 5.12. The molecule has 0 radical (unpaired) electrons. The molecule has 0 spiro atoms. The summed E-state index contributed by atoms with van der Waals surface area (Å²) < 4.78 is 1.94. The smallest absolute Gasteiger partial charge is 0.336 e. The number of carboxylic acids is 1. The summed E-state index contributed by atoms with van der Waals surface area (Å²) in [5.74, 6) is 0.728. The van der Waals surface area contributed by atoms with E-state index in [-0.39, 0.29) is 5.56 Å². The molecular weight excluding hydrogens is 388 g/mol. The molecule has 0 aliphatic heterocycles. The molecule has 2 heterocycles. The SMILES string of the molecule is CCCCc1nc(-c2ccccc2)nn1Cc1ccc(-c2ccccc2C(=O)O)nc1. The van der Waals surface area contributed by atoms with Gasteiger partial charge in [0.1, 0.15) is 5.82 Å². The number of rotatable bonds is 8. The molecule has 0 amide bonds. The molecule has 4 rings (SSSR count). The largest absolute Gasteiger partial charge is 0.478 e. The van der Waals surface area contributed by atoms with Crippen LogP contribution in [0.3, 0.4) is 0 Å². The molecule has 156 valence electrons. The van der Waals surface area contributed by atoms with Crippen LogP contribution in [-0.2, 0) is 13.0 Å². The van der Waals surface area contributed by atoms with E-state index in [0.29, 0.717) is 17.8 Å². The summed E-state index contributed by atoms with van der Waals surface area (Å²) in [5, 5.41) is 14.2. The Labute approximate surface area is 181 Å². The summed E-state index contributed by atoms with van der Waals surface area (Å²) in [6.07, 6.45) is 4.79. The van der Waals surface area contributed by atoms with Gasteiger partial charge in [-0.15, -0.1) is 0 Å². The summed E-state index contributed by atoms with van der Waals surface area (Å²) in [4.78, 5) is 20.8. The molecule has 2 aromatic carbocycles. The lowest BCUT2D eigenvalue weighted by molar-refractivity contribution is 0.0697. The number of benzene rings is 2. The number of pyridine rings is 1. The number of hydrogen-bond acceptors (Lipinski definition) is 4. The van der Waals surface area contributed by atoms with Gasteiger partial charge >= 0.3 is 5.97 Å². The van der Waals surface area contributed by atoms with E-state index >= 15 is 0 Å². The van der Waals surface area contributed by atoms with Gasteiger partial charge in [0.25, 0.3) is 0 Å². The normalized spacial score (nSPS) is 10.9. The molecule has 6 nitrogen and oxygen atoms in total. The zero-order chi connectivity index (χ0) is 21.6. The molecule has 0 fully saturated rings. The van der Waals surface area contributed by atoms with E-state index in [1.807, 2.05) is 53.2 Å². The third-order valence-corrected chi connectivity index (χ3v) is 5.12. The Hall–Kier alpha value is -3.80. The van der Waals surface area contributed by atoms with E-state index in [2.05, 4.69) is 11.9 Å². The number of aryl methyl sites for hydroxylation is 1. The molecule has 0 saturated heterocycles. The predicted octanol–water partition coefficient (Wildman–Crippen LogP) is 5.10. The second kappa shape index (κ2) is 9.34. The molecule has 2 aromatic heterocycles.